The summed E-state index contributed by atoms with van der Waals surface area (Å²) in [5, 5.41) is 0. The van der Waals surface area contributed by atoms with Crippen molar-refractivity contribution < 1.29 is 0 Å². The zero-order valence-electron chi connectivity index (χ0n) is 21.9. The summed E-state index contributed by atoms with van der Waals surface area (Å²) in [6.07, 6.45) is 7.67. The van der Waals surface area contributed by atoms with Gasteiger partial charge in [-0.15, -0.1) is 0 Å². The second kappa shape index (κ2) is 9.43. The van der Waals surface area contributed by atoms with Crippen LogP contribution in [0.2, 0.25) is 0 Å². The number of aromatic nitrogens is 7. The van der Waals surface area contributed by atoms with Gasteiger partial charge in [0.15, 0.2) is 11.6 Å². The normalized spacial score (nSPS) is 11.4. The average Bonchev–Trinajstić information content (AvgIpc) is 3.76. The summed E-state index contributed by atoms with van der Waals surface area (Å²) < 4.78 is 6.45. The predicted octanol–water partition coefficient (Wildman–Crippen LogP) is 7.23. The SMILES string of the molecule is c1ccc(-n2c(-c3nc(-c4ccccn4)n4ccccc34)ccc2-c2nc(-c3ccccn3)n3ccccc23)cc1. The maximum Gasteiger partial charge on any atom is 0.164 e. The highest BCUT2D eigenvalue weighted by Crippen LogP contribution is 2.37. The van der Waals surface area contributed by atoms with Crippen LogP contribution in [0.15, 0.2) is 140 Å². The van der Waals surface area contributed by atoms with Crippen LogP contribution in [-0.2, 0) is 0 Å². The van der Waals surface area contributed by atoms with Gasteiger partial charge in [0.05, 0.1) is 22.4 Å². The zero-order valence-corrected chi connectivity index (χ0v) is 21.9. The second-order valence-electron chi connectivity index (χ2n) is 9.68. The van der Waals surface area contributed by atoms with E-state index in [-0.39, 0.29) is 0 Å². The molecule has 0 spiro atoms. The first-order valence-electron chi connectivity index (χ1n) is 13.4. The molecule has 8 rings (SSSR count). The van der Waals surface area contributed by atoms with Gasteiger partial charge in [-0.3, -0.25) is 18.8 Å². The monoisotopic (exact) mass is 529 g/mol. The quantitative estimate of drug-likeness (QED) is 0.236. The Morgan fingerprint density at radius 1 is 0.439 bits per heavy atom. The van der Waals surface area contributed by atoms with Crippen LogP contribution in [0, 0.1) is 0 Å². The van der Waals surface area contributed by atoms with Crippen molar-refractivity contribution in [1.29, 1.82) is 0 Å². The third kappa shape index (κ3) is 3.75. The Hall–Kier alpha value is -5.82. The van der Waals surface area contributed by atoms with Crippen molar-refractivity contribution in [3.8, 4) is 51.5 Å². The lowest BCUT2D eigenvalue weighted by Gasteiger charge is -2.12. The maximum absolute atomic E-state index is 5.18. The van der Waals surface area contributed by atoms with Gasteiger partial charge >= 0.3 is 0 Å². The van der Waals surface area contributed by atoms with Gasteiger partial charge in [0.2, 0.25) is 0 Å². The molecule has 0 unspecified atom stereocenters. The average molecular weight is 530 g/mol. The van der Waals surface area contributed by atoms with Gasteiger partial charge in [0, 0.05) is 30.5 Å². The number of hydrogen-bond donors (Lipinski definition) is 0. The van der Waals surface area contributed by atoms with Crippen LogP contribution in [0.5, 0.6) is 0 Å². The Bertz CT molecular complexity index is 2010. The summed E-state index contributed by atoms with van der Waals surface area (Å²) in [5.74, 6) is 1.59. The molecule has 0 saturated heterocycles. The fourth-order valence-corrected chi connectivity index (χ4v) is 5.47. The van der Waals surface area contributed by atoms with Gasteiger partial charge in [0.1, 0.15) is 22.8 Å². The molecule has 0 atom stereocenters. The fraction of sp³-hybridized carbons (Fsp3) is 0. The number of para-hydroxylation sites is 1. The minimum absolute atomic E-state index is 0.795. The van der Waals surface area contributed by atoms with Crippen molar-refractivity contribution in [2.45, 2.75) is 0 Å². The van der Waals surface area contributed by atoms with E-state index < -0.39 is 0 Å². The summed E-state index contributed by atoms with van der Waals surface area (Å²) in [7, 11) is 0. The molecule has 0 N–H and O–H groups in total. The first kappa shape index (κ1) is 23.1. The van der Waals surface area contributed by atoms with Gasteiger partial charge in [-0.2, -0.15) is 0 Å². The Morgan fingerprint density at radius 3 is 1.41 bits per heavy atom. The fourth-order valence-electron chi connectivity index (χ4n) is 5.47. The summed E-state index contributed by atoms with van der Waals surface area (Å²) in [6.45, 7) is 0. The van der Waals surface area contributed by atoms with E-state index in [9.17, 15) is 0 Å². The number of rotatable bonds is 5. The van der Waals surface area contributed by atoms with Gasteiger partial charge in [0.25, 0.3) is 0 Å². The smallest absolute Gasteiger partial charge is 0.164 e. The lowest BCUT2D eigenvalue weighted by atomic mass is 10.2. The van der Waals surface area contributed by atoms with Gasteiger partial charge in [-0.05, 0) is 72.8 Å². The molecule has 194 valence electrons. The number of fused-ring (bicyclic) bond motifs is 2. The molecule has 7 heterocycles. The van der Waals surface area contributed by atoms with Crippen LogP contribution in [0.3, 0.4) is 0 Å². The summed E-state index contributed by atoms with van der Waals surface area (Å²) >= 11 is 0. The highest BCUT2D eigenvalue weighted by Gasteiger charge is 2.23. The van der Waals surface area contributed by atoms with Crippen molar-refractivity contribution in [2.24, 2.45) is 0 Å². The summed E-state index contributed by atoms with van der Waals surface area (Å²) in [6, 6.07) is 38.7. The van der Waals surface area contributed by atoms with Gasteiger partial charge in [-0.1, -0.05) is 42.5 Å². The lowest BCUT2D eigenvalue weighted by molar-refractivity contribution is 1.08. The summed E-state index contributed by atoms with van der Waals surface area (Å²) in [5.41, 5.74) is 8.33. The van der Waals surface area contributed by atoms with Crippen molar-refractivity contribution in [1.82, 2.24) is 33.3 Å². The molecule has 0 saturated carbocycles. The van der Waals surface area contributed by atoms with Crippen LogP contribution in [0.1, 0.15) is 0 Å². The molecule has 1 aromatic carbocycles. The molecule has 0 aliphatic heterocycles. The topological polar surface area (TPSA) is 65.3 Å². The Morgan fingerprint density at radius 2 is 0.927 bits per heavy atom. The molecule has 0 fully saturated rings. The molecule has 7 nitrogen and oxygen atoms in total. The standard InChI is InChI=1S/C34H23N7/c1-2-12-24(13-3-1)41-29(31-27-16-6-10-22-39(27)33(37-31)25-14-4-8-20-35-25)18-19-30(41)32-28-17-7-11-23-40(28)34(38-32)26-15-5-9-21-36-26/h1-23H. The van der Waals surface area contributed by atoms with E-state index in [4.69, 9.17) is 9.97 Å². The lowest BCUT2D eigenvalue weighted by Crippen LogP contribution is -2.00. The Kier molecular flexibility index (Phi) is 5.31. The molecular weight excluding hydrogens is 506 g/mol. The highest BCUT2D eigenvalue weighted by atomic mass is 15.1. The second-order valence-corrected chi connectivity index (χ2v) is 9.68. The number of hydrogen-bond acceptors (Lipinski definition) is 4. The predicted molar refractivity (Wildman–Crippen MR) is 161 cm³/mol. The third-order valence-electron chi connectivity index (χ3n) is 7.27. The molecule has 41 heavy (non-hydrogen) atoms. The van der Waals surface area contributed by atoms with E-state index in [0.29, 0.717) is 0 Å². The van der Waals surface area contributed by atoms with Crippen LogP contribution in [0.25, 0.3) is 62.5 Å². The molecule has 0 radical (unpaired) electrons. The van der Waals surface area contributed by atoms with Crippen LogP contribution in [0.4, 0.5) is 0 Å². The van der Waals surface area contributed by atoms with Crippen LogP contribution < -0.4 is 0 Å². The zero-order chi connectivity index (χ0) is 27.2. The molecule has 0 amide bonds. The van der Waals surface area contributed by atoms with E-state index in [1.807, 2.05) is 79.1 Å². The molecule has 7 heteroatoms. The molecule has 7 aromatic heterocycles. The molecule has 0 aliphatic carbocycles. The number of imidazole rings is 2. The van der Waals surface area contributed by atoms with E-state index >= 15 is 0 Å². The van der Waals surface area contributed by atoms with Gasteiger partial charge in [-0.25, -0.2) is 9.97 Å². The highest BCUT2D eigenvalue weighted by molar-refractivity contribution is 5.86. The minimum atomic E-state index is 0.795. The Balaban J connectivity index is 1.41. The van der Waals surface area contributed by atoms with E-state index in [0.717, 1.165) is 62.5 Å². The number of benzene rings is 1. The molecular formula is C34H23N7. The summed E-state index contributed by atoms with van der Waals surface area (Å²) in [4.78, 5) is 19.6. The number of pyridine rings is 4. The number of nitrogens with zero attached hydrogens (tertiary/aromatic N) is 7. The van der Waals surface area contributed by atoms with Crippen molar-refractivity contribution in [3.63, 3.8) is 0 Å². The molecule has 0 aliphatic rings. The van der Waals surface area contributed by atoms with Crippen LogP contribution in [-0.4, -0.2) is 33.3 Å². The Labute approximate surface area is 235 Å². The molecule has 8 aromatic rings. The third-order valence-corrected chi connectivity index (χ3v) is 7.27. The first-order valence-corrected chi connectivity index (χ1v) is 13.4. The minimum Gasteiger partial charge on any atom is -0.306 e. The van der Waals surface area contributed by atoms with E-state index in [1.165, 1.54) is 0 Å². The maximum atomic E-state index is 5.18. The van der Waals surface area contributed by atoms with Gasteiger partial charge < -0.3 is 4.57 Å². The van der Waals surface area contributed by atoms with Crippen molar-refractivity contribution >= 4 is 11.0 Å². The van der Waals surface area contributed by atoms with Crippen LogP contribution >= 0.6 is 0 Å². The largest absolute Gasteiger partial charge is 0.306 e. The van der Waals surface area contributed by atoms with Crippen molar-refractivity contribution in [2.75, 3.05) is 0 Å². The van der Waals surface area contributed by atoms with E-state index in [1.54, 1.807) is 12.4 Å². The van der Waals surface area contributed by atoms with Crippen molar-refractivity contribution in [3.05, 3.63) is 140 Å². The molecule has 0 bridgehead atoms. The first-order chi connectivity index (χ1) is 20.4. The van der Waals surface area contributed by atoms with E-state index in [2.05, 4.69) is 71.9 Å².